The Morgan fingerprint density at radius 2 is 1.59 bits per heavy atom. The Morgan fingerprint density at radius 3 is 2.15 bits per heavy atom. The van der Waals surface area contributed by atoms with Gasteiger partial charge in [0.15, 0.2) is 0 Å². The lowest BCUT2D eigenvalue weighted by molar-refractivity contribution is 0.0773. The van der Waals surface area contributed by atoms with E-state index >= 15 is 0 Å². The number of hydrogen-bond donors (Lipinski definition) is 2. The molecule has 2 N–H and O–H groups in total. The summed E-state index contributed by atoms with van der Waals surface area (Å²) in [6, 6.07) is 14.4. The van der Waals surface area contributed by atoms with Crippen molar-refractivity contribution >= 4 is 17.6 Å². The number of rotatable bonds is 8. The van der Waals surface area contributed by atoms with Crippen molar-refractivity contribution in [3.05, 3.63) is 59.7 Å². The van der Waals surface area contributed by atoms with Crippen LogP contribution in [0.5, 0.6) is 5.75 Å². The molecule has 0 radical (unpaired) electrons. The van der Waals surface area contributed by atoms with Gasteiger partial charge in [-0.3, -0.25) is 4.79 Å². The van der Waals surface area contributed by atoms with Crippen LogP contribution in [0.2, 0.25) is 0 Å². The summed E-state index contributed by atoms with van der Waals surface area (Å²) in [6.07, 6.45) is 0.731. The van der Waals surface area contributed by atoms with Gasteiger partial charge in [-0.2, -0.15) is 0 Å². The summed E-state index contributed by atoms with van der Waals surface area (Å²) in [6.45, 7) is 5.77. The number of nitrogens with one attached hydrogen (secondary N) is 2. The van der Waals surface area contributed by atoms with Crippen molar-refractivity contribution < 1.29 is 14.3 Å². The van der Waals surface area contributed by atoms with Crippen LogP contribution in [0.1, 0.15) is 29.8 Å². The van der Waals surface area contributed by atoms with E-state index in [4.69, 9.17) is 4.74 Å². The topological polar surface area (TPSA) is 70.7 Å². The Bertz CT molecular complexity index is 738. The van der Waals surface area contributed by atoms with Crippen molar-refractivity contribution in [2.24, 2.45) is 0 Å². The number of urea groups is 1. The van der Waals surface area contributed by atoms with Gasteiger partial charge >= 0.3 is 6.03 Å². The predicted octanol–water partition coefficient (Wildman–Crippen LogP) is 3.54. The molecule has 0 atom stereocenters. The molecule has 0 aliphatic heterocycles. The molecule has 0 heterocycles. The smallest absolute Gasteiger partial charge is 0.319 e. The van der Waals surface area contributed by atoms with Crippen LogP contribution >= 0.6 is 0 Å². The molecule has 144 valence electrons. The van der Waals surface area contributed by atoms with Crippen molar-refractivity contribution in [3.8, 4) is 5.75 Å². The van der Waals surface area contributed by atoms with Crippen LogP contribution < -0.4 is 15.4 Å². The summed E-state index contributed by atoms with van der Waals surface area (Å²) >= 11 is 0. The fourth-order valence-corrected chi connectivity index (χ4v) is 2.68. The van der Waals surface area contributed by atoms with Crippen molar-refractivity contribution in [3.63, 3.8) is 0 Å². The first-order valence-corrected chi connectivity index (χ1v) is 9.14. The largest absolute Gasteiger partial charge is 0.497 e. The number of hydrogen-bond acceptors (Lipinski definition) is 3. The first kappa shape index (κ1) is 20.3. The third-order valence-corrected chi connectivity index (χ3v) is 4.30. The molecule has 0 unspecified atom stereocenters. The normalized spacial score (nSPS) is 10.2. The molecule has 0 aliphatic rings. The number of benzene rings is 2. The molecule has 0 aromatic heterocycles. The van der Waals surface area contributed by atoms with Crippen LogP contribution in [0.25, 0.3) is 0 Å². The number of carbonyl (C=O) groups is 2. The van der Waals surface area contributed by atoms with Crippen molar-refractivity contribution in [2.45, 2.75) is 20.3 Å². The van der Waals surface area contributed by atoms with E-state index in [1.54, 1.807) is 36.3 Å². The highest BCUT2D eigenvalue weighted by molar-refractivity contribution is 5.95. The van der Waals surface area contributed by atoms with Gasteiger partial charge in [-0.25, -0.2) is 4.79 Å². The van der Waals surface area contributed by atoms with Crippen LogP contribution in [-0.4, -0.2) is 43.6 Å². The molecule has 0 saturated carbocycles. The maximum Gasteiger partial charge on any atom is 0.319 e. The molecule has 6 nitrogen and oxygen atoms in total. The van der Waals surface area contributed by atoms with Crippen molar-refractivity contribution in [1.29, 1.82) is 0 Å². The van der Waals surface area contributed by atoms with E-state index < -0.39 is 0 Å². The first-order valence-electron chi connectivity index (χ1n) is 9.14. The molecule has 3 amide bonds. The fourth-order valence-electron chi connectivity index (χ4n) is 2.68. The van der Waals surface area contributed by atoms with Gasteiger partial charge in [0.2, 0.25) is 0 Å². The Labute approximate surface area is 160 Å². The minimum Gasteiger partial charge on any atom is -0.497 e. The van der Waals surface area contributed by atoms with Gasteiger partial charge in [0.25, 0.3) is 5.91 Å². The number of amides is 3. The second-order valence-electron chi connectivity index (χ2n) is 6.03. The zero-order chi connectivity index (χ0) is 19.6. The lowest BCUT2D eigenvalue weighted by Gasteiger charge is -2.18. The molecule has 0 saturated heterocycles. The van der Waals surface area contributed by atoms with Crippen LogP contribution in [0.4, 0.5) is 10.5 Å². The molecule has 0 fully saturated rings. The van der Waals surface area contributed by atoms with E-state index in [-0.39, 0.29) is 11.9 Å². The molecular formula is C21H27N3O3. The van der Waals surface area contributed by atoms with Crippen molar-refractivity contribution in [1.82, 2.24) is 10.2 Å². The van der Waals surface area contributed by atoms with Crippen LogP contribution in [-0.2, 0) is 6.42 Å². The number of anilines is 1. The highest BCUT2D eigenvalue weighted by Gasteiger charge is 2.12. The van der Waals surface area contributed by atoms with Gasteiger partial charge in [-0.05, 0) is 62.2 Å². The zero-order valence-electron chi connectivity index (χ0n) is 16.1. The summed E-state index contributed by atoms with van der Waals surface area (Å²) in [7, 11) is 1.63. The SMILES string of the molecule is CCN(CC)C(=O)c1ccc(NC(=O)NCCc2ccc(OC)cc2)cc1. The van der Waals surface area contributed by atoms with Gasteiger partial charge in [0.05, 0.1) is 7.11 Å². The highest BCUT2D eigenvalue weighted by atomic mass is 16.5. The summed E-state index contributed by atoms with van der Waals surface area (Å²) in [5.41, 5.74) is 2.38. The van der Waals surface area contributed by atoms with Crippen molar-refractivity contribution in [2.75, 3.05) is 32.1 Å². The maximum atomic E-state index is 12.3. The van der Waals surface area contributed by atoms with Crippen LogP contribution in [0.3, 0.4) is 0 Å². The number of ether oxygens (including phenoxy) is 1. The predicted molar refractivity (Wildman–Crippen MR) is 107 cm³/mol. The lowest BCUT2D eigenvalue weighted by atomic mass is 10.1. The average Bonchev–Trinajstić information content (AvgIpc) is 2.70. The molecule has 6 heteroatoms. The molecule has 2 aromatic rings. The fraction of sp³-hybridized carbons (Fsp3) is 0.333. The molecular weight excluding hydrogens is 342 g/mol. The summed E-state index contributed by atoms with van der Waals surface area (Å²) in [4.78, 5) is 26.0. The van der Waals surface area contributed by atoms with Crippen LogP contribution in [0.15, 0.2) is 48.5 Å². The van der Waals surface area contributed by atoms with Gasteiger partial charge in [-0.1, -0.05) is 12.1 Å². The van der Waals surface area contributed by atoms with Crippen LogP contribution in [0, 0.1) is 0 Å². The summed E-state index contributed by atoms with van der Waals surface area (Å²) < 4.78 is 5.12. The average molecular weight is 369 g/mol. The lowest BCUT2D eigenvalue weighted by Crippen LogP contribution is -2.31. The Hall–Kier alpha value is -3.02. The maximum absolute atomic E-state index is 12.3. The van der Waals surface area contributed by atoms with Gasteiger partial charge < -0.3 is 20.3 Å². The zero-order valence-corrected chi connectivity index (χ0v) is 16.1. The van der Waals surface area contributed by atoms with E-state index in [0.29, 0.717) is 30.9 Å². The third kappa shape index (κ3) is 6.02. The van der Waals surface area contributed by atoms with E-state index in [1.807, 2.05) is 38.1 Å². The quantitative estimate of drug-likeness (QED) is 0.748. The Kier molecular flexibility index (Phi) is 7.67. The van der Waals surface area contributed by atoms with Gasteiger partial charge in [0.1, 0.15) is 5.75 Å². The third-order valence-electron chi connectivity index (χ3n) is 4.30. The molecule has 0 bridgehead atoms. The number of carbonyl (C=O) groups excluding carboxylic acids is 2. The Balaban J connectivity index is 1.80. The number of nitrogens with zero attached hydrogens (tertiary/aromatic N) is 1. The molecule has 2 rings (SSSR count). The van der Waals surface area contributed by atoms with E-state index in [9.17, 15) is 9.59 Å². The molecule has 2 aromatic carbocycles. The van der Waals surface area contributed by atoms with Gasteiger partial charge in [0, 0.05) is 30.9 Å². The minimum absolute atomic E-state index is 0.00417. The summed E-state index contributed by atoms with van der Waals surface area (Å²) in [5.74, 6) is 0.808. The first-order chi connectivity index (χ1) is 13.1. The second-order valence-corrected chi connectivity index (χ2v) is 6.03. The van der Waals surface area contributed by atoms with E-state index in [0.717, 1.165) is 17.7 Å². The summed E-state index contributed by atoms with van der Waals surface area (Å²) in [5, 5.41) is 5.60. The second kappa shape index (κ2) is 10.2. The molecule has 0 aliphatic carbocycles. The van der Waals surface area contributed by atoms with Gasteiger partial charge in [-0.15, -0.1) is 0 Å². The van der Waals surface area contributed by atoms with E-state index in [2.05, 4.69) is 10.6 Å². The minimum atomic E-state index is -0.272. The molecule has 27 heavy (non-hydrogen) atoms. The van der Waals surface area contributed by atoms with E-state index in [1.165, 1.54) is 0 Å². The monoisotopic (exact) mass is 369 g/mol. The molecule has 0 spiro atoms. The Morgan fingerprint density at radius 1 is 0.963 bits per heavy atom. The highest BCUT2D eigenvalue weighted by Crippen LogP contribution is 2.12. The standard InChI is InChI=1S/C21H27N3O3/c1-4-24(5-2)20(25)17-8-10-18(11-9-17)23-21(26)22-15-14-16-6-12-19(27-3)13-7-16/h6-13H,4-5,14-15H2,1-3H3,(H2,22,23,26). The number of methoxy groups -OCH3 is 1.